The molecular weight excluding hydrogens is 340 g/mol. The molecule has 0 bridgehead atoms. The summed E-state index contributed by atoms with van der Waals surface area (Å²) in [5, 5.41) is 3.66. The molecule has 1 aromatic rings. The Kier molecular flexibility index (Phi) is 6.47. The monoisotopic (exact) mass is 366 g/mol. The highest BCUT2D eigenvalue weighted by molar-refractivity contribution is 6.30. The largest absolute Gasteiger partial charge is 0.460 e. The number of amides is 1. The minimum atomic E-state index is -0.476. The number of hydrogen-bond acceptors (Lipinski definition) is 4. The molecule has 2 atom stereocenters. The smallest absolute Gasteiger partial charge is 0.310 e. The van der Waals surface area contributed by atoms with Crippen molar-refractivity contribution in [3.63, 3.8) is 0 Å². The summed E-state index contributed by atoms with van der Waals surface area (Å²) in [6, 6.07) is 7.34. The number of hydrogen-bond donors (Lipinski definition) is 1. The predicted octanol–water partition coefficient (Wildman–Crippen LogP) is 3.18. The molecule has 6 heteroatoms. The lowest BCUT2D eigenvalue weighted by Gasteiger charge is -2.22. The van der Waals surface area contributed by atoms with Crippen LogP contribution in [0.4, 0.5) is 0 Å². The first kappa shape index (κ1) is 19.7. The zero-order valence-electron chi connectivity index (χ0n) is 15.3. The summed E-state index contributed by atoms with van der Waals surface area (Å²) in [7, 11) is 0. The van der Waals surface area contributed by atoms with Gasteiger partial charge in [0.15, 0.2) is 0 Å². The lowest BCUT2D eigenvalue weighted by Crippen LogP contribution is -2.38. The van der Waals surface area contributed by atoms with Crippen LogP contribution in [-0.4, -0.2) is 42.0 Å². The summed E-state index contributed by atoms with van der Waals surface area (Å²) in [6.07, 6.45) is 0.731. The fourth-order valence-electron chi connectivity index (χ4n) is 2.88. The molecule has 5 nitrogen and oxygen atoms in total. The van der Waals surface area contributed by atoms with Gasteiger partial charge in [-0.2, -0.15) is 0 Å². The van der Waals surface area contributed by atoms with Gasteiger partial charge in [-0.05, 0) is 58.4 Å². The molecule has 0 radical (unpaired) electrons. The van der Waals surface area contributed by atoms with Gasteiger partial charge in [-0.3, -0.25) is 14.5 Å². The molecule has 25 heavy (non-hydrogen) atoms. The fraction of sp³-hybridized carbons (Fsp3) is 0.579. The Morgan fingerprint density at radius 2 is 1.96 bits per heavy atom. The maximum absolute atomic E-state index is 12.3. The number of likely N-dealkylation sites (tertiary alicyclic amines) is 1. The third kappa shape index (κ3) is 6.33. The minimum absolute atomic E-state index is 0.0488. The Hall–Kier alpha value is -1.59. The Labute approximate surface area is 154 Å². The number of halogens is 1. The van der Waals surface area contributed by atoms with Crippen molar-refractivity contribution in [2.24, 2.45) is 5.92 Å². The van der Waals surface area contributed by atoms with Gasteiger partial charge >= 0.3 is 5.97 Å². The van der Waals surface area contributed by atoms with Gasteiger partial charge in [0, 0.05) is 11.6 Å². The van der Waals surface area contributed by atoms with Crippen LogP contribution in [-0.2, 0) is 14.3 Å². The van der Waals surface area contributed by atoms with Crippen LogP contribution < -0.4 is 5.32 Å². The highest BCUT2D eigenvalue weighted by Gasteiger charge is 2.32. The van der Waals surface area contributed by atoms with Gasteiger partial charge < -0.3 is 10.1 Å². The van der Waals surface area contributed by atoms with E-state index in [0.29, 0.717) is 11.6 Å². The average molecular weight is 367 g/mol. The van der Waals surface area contributed by atoms with Crippen molar-refractivity contribution >= 4 is 23.5 Å². The summed E-state index contributed by atoms with van der Waals surface area (Å²) in [4.78, 5) is 26.4. The lowest BCUT2D eigenvalue weighted by atomic mass is 10.1. The molecule has 1 amide bonds. The average Bonchev–Trinajstić information content (AvgIpc) is 2.94. The molecule has 0 aromatic heterocycles. The number of nitrogens with zero attached hydrogens (tertiary/aromatic N) is 1. The van der Waals surface area contributed by atoms with Crippen LogP contribution in [0.2, 0.25) is 5.02 Å². The highest BCUT2D eigenvalue weighted by Crippen LogP contribution is 2.21. The van der Waals surface area contributed by atoms with E-state index in [9.17, 15) is 9.59 Å². The van der Waals surface area contributed by atoms with Crippen molar-refractivity contribution < 1.29 is 14.3 Å². The Morgan fingerprint density at radius 3 is 2.56 bits per heavy atom. The predicted molar refractivity (Wildman–Crippen MR) is 98.4 cm³/mol. The zero-order chi connectivity index (χ0) is 18.6. The normalized spacial score (nSPS) is 19.5. The third-order valence-electron chi connectivity index (χ3n) is 4.13. The molecule has 1 fully saturated rings. The minimum Gasteiger partial charge on any atom is -0.460 e. The molecular formula is C19H27ClN2O3. The van der Waals surface area contributed by atoms with E-state index in [-0.39, 0.29) is 30.4 Å². The second kappa shape index (κ2) is 8.19. The first-order chi connectivity index (χ1) is 11.6. The van der Waals surface area contributed by atoms with E-state index in [4.69, 9.17) is 16.3 Å². The fourth-order valence-corrected chi connectivity index (χ4v) is 3.00. The van der Waals surface area contributed by atoms with Crippen molar-refractivity contribution in [1.82, 2.24) is 10.2 Å². The van der Waals surface area contributed by atoms with Crippen LogP contribution in [0.25, 0.3) is 0 Å². The summed E-state index contributed by atoms with van der Waals surface area (Å²) in [5.41, 5.74) is 0.529. The maximum Gasteiger partial charge on any atom is 0.310 e. The summed E-state index contributed by atoms with van der Waals surface area (Å²) in [5.74, 6) is -0.377. The highest BCUT2D eigenvalue weighted by atomic mass is 35.5. The number of rotatable bonds is 5. The number of nitrogens with one attached hydrogen (secondary N) is 1. The molecule has 1 aliphatic rings. The Morgan fingerprint density at radius 1 is 1.32 bits per heavy atom. The van der Waals surface area contributed by atoms with E-state index in [2.05, 4.69) is 5.32 Å². The first-order valence-corrected chi connectivity index (χ1v) is 9.02. The zero-order valence-corrected chi connectivity index (χ0v) is 16.1. The van der Waals surface area contributed by atoms with Crippen molar-refractivity contribution in [3.8, 4) is 0 Å². The summed E-state index contributed by atoms with van der Waals surface area (Å²) in [6.45, 7) is 9.12. The Balaban J connectivity index is 1.79. The van der Waals surface area contributed by atoms with Crippen molar-refractivity contribution in [2.45, 2.75) is 45.8 Å². The van der Waals surface area contributed by atoms with Gasteiger partial charge in [-0.15, -0.1) is 0 Å². The van der Waals surface area contributed by atoms with E-state index in [1.165, 1.54) is 0 Å². The molecule has 1 saturated heterocycles. The second-order valence-corrected chi connectivity index (χ2v) is 8.03. The van der Waals surface area contributed by atoms with Crippen LogP contribution in [0.15, 0.2) is 24.3 Å². The molecule has 1 aromatic carbocycles. The number of carbonyl (C=O) groups excluding carboxylic acids is 2. The van der Waals surface area contributed by atoms with Crippen LogP contribution in [0, 0.1) is 5.92 Å². The van der Waals surface area contributed by atoms with E-state index in [1.54, 1.807) is 0 Å². The molecule has 2 rings (SSSR count). The van der Waals surface area contributed by atoms with Crippen molar-refractivity contribution in [1.29, 1.82) is 0 Å². The van der Waals surface area contributed by atoms with Gasteiger partial charge in [0.2, 0.25) is 5.91 Å². The molecule has 1 aliphatic heterocycles. The van der Waals surface area contributed by atoms with E-state index >= 15 is 0 Å². The van der Waals surface area contributed by atoms with E-state index in [0.717, 1.165) is 18.5 Å². The number of ether oxygens (including phenoxy) is 1. The SMILES string of the molecule is C[C@H](NC(=O)CN1CC[C@H](C(=O)OC(C)(C)C)C1)c1ccc(Cl)cc1. The maximum atomic E-state index is 12.3. The van der Waals surface area contributed by atoms with Crippen LogP contribution in [0.5, 0.6) is 0 Å². The molecule has 0 aliphatic carbocycles. The molecule has 138 valence electrons. The van der Waals surface area contributed by atoms with Crippen LogP contribution >= 0.6 is 11.6 Å². The van der Waals surface area contributed by atoms with Gasteiger partial charge in [0.05, 0.1) is 18.5 Å². The number of esters is 1. The van der Waals surface area contributed by atoms with E-state index in [1.807, 2.05) is 56.9 Å². The third-order valence-corrected chi connectivity index (χ3v) is 4.38. The molecule has 1 N–H and O–H groups in total. The van der Waals surface area contributed by atoms with Crippen molar-refractivity contribution in [3.05, 3.63) is 34.9 Å². The first-order valence-electron chi connectivity index (χ1n) is 8.64. The lowest BCUT2D eigenvalue weighted by molar-refractivity contribution is -0.159. The quantitative estimate of drug-likeness (QED) is 0.813. The summed E-state index contributed by atoms with van der Waals surface area (Å²) < 4.78 is 5.43. The molecule has 0 saturated carbocycles. The number of carbonyl (C=O) groups is 2. The Bertz CT molecular complexity index is 610. The summed E-state index contributed by atoms with van der Waals surface area (Å²) >= 11 is 5.88. The van der Waals surface area contributed by atoms with Crippen molar-refractivity contribution in [2.75, 3.05) is 19.6 Å². The standard InChI is InChI=1S/C19H27ClN2O3/c1-13(14-5-7-16(20)8-6-14)21-17(23)12-22-10-9-15(11-22)18(24)25-19(2,3)4/h5-8,13,15H,9-12H2,1-4H3,(H,21,23)/t13-,15-/m0/s1. The topological polar surface area (TPSA) is 58.6 Å². The van der Waals surface area contributed by atoms with Crippen LogP contribution in [0.3, 0.4) is 0 Å². The van der Waals surface area contributed by atoms with Gasteiger partial charge in [-0.1, -0.05) is 23.7 Å². The number of benzene rings is 1. The molecule has 0 spiro atoms. The van der Waals surface area contributed by atoms with E-state index < -0.39 is 5.60 Å². The molecule has 1 heterocycles. The van der Waals surface area contributed by atoms with Gasteiger partial charge in [0.1, 0.15) is 5.60 Å². The van der Waals surface area contributed by atoms with Gasteiger partial charge in [-0.25, -0.2) is 0 Å². The van der Waals surface area contributed by atoms with Gasteiger partial charge in [0.25, 0.3) is 0 Å². The van der Waals surface area contributed by atoms with Crippen LogP contribution in [0.1, 0.15) is 45.7 Å². The molecule has 0 unspecified atom stereocenters. The second-order valence-electron chi connectivity index (χ2n) is 7.59.